The Balaban J connectivity index is 1.57. The van der Waals surface area contributed by atoms with Crippen LogP contribution in [0.2, 0.25) is 0 Å². The quantitative estimate of drug-likeness (QED) is 0.505. The Labute approximate surface area is 167 Å². The monoisotopic (exact) mass is 385 g/mol. The Morgan fingerprint density at radius 2 is 1.79 bits per heavy atom. The molecule has 3 aromatic rings. The largest absolute Gasteiger partial charge is 0.508 e. The van der Waals surface area contributed by atoms with Gasteiger partial charge in [0.05, 0.1) is 5.57 Å². The predicted octanol–water partition coefficient (Wildman–Crippen LogP) is 3.49. The molecule has 0 saturated heterocycles. The number of fused-ring (bicyclic) bond motifs is 1. The van der Waals surface area contributed by atoms with Crippen molar-refractivity contribution in [2.45, 2.75) is 6.42 Å². The molecule has 4 rings (SSSR count). The minimum atomic E-state index is -0.451. The van der Waals surface area contributed by atoms with Gasteiger partial charge < -0.3 is 21.5 Å². The molecule has 0 radical (unpaired) electrons. The number of hydrogen-bond donors (Lipinski definition) is 4. The minimum Gasteiger partial charge on any atom is -0.508 e. The standard InChI is InChI=1S/C23H19N3O3/c24-22(28)16-7-4-14(5-8-16)10-15-6-9-21-19(11-15)20(23(29)26-21)13-25-17-2-1-3-18(27)12-17/h1-9,11-13,25,27H,10H2,(H2,24,28)(H,26,29). The second-order valence-electron chi connectivity index (χ2n) is 6.82. The number of hydrogen-bond acceptors (Lipinski definition) is 4. The van der Waals surface area contributed by atoms with E-state index in [-0.39, 0.29) is 11.7 Å². The van der Waals surface area contributed by atoms with Gasteiger partial charge in [-0.2, -0.15) is 0 Å². The van der Waals surface area contributed by atoms with E-state index in [0.717, 1.165) is 22.4 Å². The van der Waals surface area contributed by atoms with Gasteiger partial charge in [0.25, 0.3) is 5.91 Å². The fourth-order valence-electron chi connectivity index (χ4n) is 3.26. The first kappa shape index (κ1) is 18.3. The van der Waals surface area contributed by atoms with E-state index in [4.69, 9.17) is 5.73 Å². The molecule has 6 heteroatoms. The van der Waals surface area contributed by atoms with E-state index in [0.29, 0.717) is 23.2 Å². The SMILES string of the molecule is NC(=O)c1ccc(Cc2ccc3c(c2)C(=CNc2cccc(O)c2)C(=O)N3)cc1. The lowest BCUT2D eigenvalue weighted by molar-refractivity contribution is -0.110. The third kappa shape index (κ3) is 3.96. The van der Waals surface area contributed by atoms with Gasteiger partial charge in [-0.15, -0.1) is 0 Å². The van der Waals surface area contributed by atoms with E-state index < -0.39 is 5.91 Å². The summed E-state index contributed by atoms with van der Waals surface area (Å²) in [4.78, 5) is 23.6. The van der Waals surface area contributed by atoms with Crippen LogP contribution in [-0.2, 0) is 11.2 Å². The first-order valence-corrected chi connectivity index (χ1v) is 9.09. The maximum Gasteiger partial charge on any atom is 0.257 e. The van der Waals surface area contributed by atoms with Crippen molar-refractivity contribution < 1.29 is 14.7 Å². The molecule has 0 fully saturated rings. The lowest BCUT2D eigenvalue weighted by Gasteiger charge is -2.07. The van der Waals surface area contributed by atoms with Crippen LogP contribution < -0.4 is 16.4 Å². The smallest absolute Gasteiger partial charge is 0.257 e. The van der Waals surface area contributed by atoms with E-state index in [1.54, 1.807) is 42.6 Å². The highest BCUT2D eigenvalue weighted by atomic mass is 16.3. The molecule has 1 aliphatic heterocycles. The zero-order valence-corrected chi connectivity index (χ0v) is 15.5. The summed E-state index contributed by atoms with van der Waals surface area (Å²) in [6.07, 6.45) is 2.30. The third-order valence-electron chi connectivity index (χ3n) is 4.74. The summed E-state index contributed by atoms with van der Waals surface area (Å²) in [5.74, 6) is -0.488. The van der Waals surface area contributed by atoms with Gasteiger partial charge in [-0.05, 0) is 53.9 Å². The number of anilines is 2. The molecule has 0 spiro atoms. The second-order valence-corrected chi connectivity index (χ2v) is 6.82. The van der Waals surface area contributed by atoms with Crippen LogP contribution in [0.3, 0.4) is 0 Å². The van der Waals surface area contributed by atoms with E-state index in [1.165, 1.54) is 0 Å². The first-order chi connectivity index (χ1) is 14.0. The van der Waals surface area contributed by atoms with Crippen molar-refractivity contribution in [3.63, 3.8) is 0 Å². The molecule has 5 N–H and O–H groups in total. The molecular formula is C23H19N3O3. The van der Waals surface area contributed by atoms with Gasteiger partial charge in [0.15, 0.2) is 0 Å². The summed E-state index contributed by atoms with van der Waals surface area (Å²) in [6, 6.07) is 19.7. The van der Waals surface area contributed by atoms with E-state index in [9.17, 15) is 14.7 Å². The fraction of sp³-hybridized carbons (Fsp3) is 0.0435. The van der Waals surface area contributed by atoms with Crippen LogP contribution in [0.1, 0.15) is 27.0 Å². The summed E-state index contributed by atoms with van der Waals surface area (Å²) < 4.78 is 0. The van der Waals surface area contributed by atoms with E-state index in [1.807, 2.05) is 30.3 Å². The summed E-state index contributed by atoms with van der Waals surface area (Å²) in [7, 11) is 0. The number of rotatable bonds is 5. The van der Waals surface area contributed by atoms with Crippen molar-refractivity contribution in [3.8, 4) is 5.75 Å². The molecule has 0 aromatic heterocycles. The van der Waals surface area contributed by atoms with Crippen molar-refractivity contribution in [1.29, 1.82) is 0 Å². The van der Waals surface area contributed by atoms with Crippen LogP contribution in [-0.4, -0.2) is 16.9 Å². The minimum absolute atomic E-state index is 0.148. The van der Waals surface area contributed by atoms with Crippen molar-refractivity contribution in [3.05, 3.63) is 95.2 Å². The number of carbonyl (C=O) groups excluding carboxylic acids is 2. The lowest BCUT2D eigenvalue weighted by atomic mass is 9.99. The number of primary amides is 1. The Morgan fingerprint density at radius 3 is 2.52 bits per heavy atom. The number of carbonyl (C=O) groups is 2. The van der Waals surface area contributed by atoms with Crippen LogP contribution in [0, 0.1) is 0 Å². The third-order valence-corrected chi connectivity index (χ3v) is 4.74. The topological polar surface area (TPSA) is 104 Å². The second kappa shape index (κ2) is 7.52. The molecule has 6 nitrogen and oxygen atoms in total. The summed E-state index contributed by atoms with van der Waals surface area (Å²) in [5, 5.41) is 15.5. The number of phenolic OH excluding ortho intramolecular Hbond substituents is 1. The number of nitrogens with one attached hydrogen (secondary N) is 2. The zero-order valence-electron chi connectivity index (χ0n) is 15.5. The van der Waals surface area contributed by atoms with Crippen molar-refractivity contribution in [2.75, 3.05) is 10.6 Å². The van der Waals surface area contributed by atoms with Crippen LogP contribution in [0.15, 0.2) is 72.9 Å². The maximum atomic E-state index is 12.4. The Morgan fingerprint density at radius 1 is 1.03 bits per heavy atom. The van der Waals surface area contributed by atoms with Crippen LogP contribution in [0.5, 0.6) is 5.75 Å². The van der Waals surface area contributed by atoms with Crippen LogP contribution >= 0.6 is 0 Å². The molecule has 0 saturated carbocycles. The van der Waals surface area contributed by atoms with Gasteiger partial charge >= 0.3 is 0 Å². The number of benzene rings is 3. The van der Waals surface area contributed by atoms with Crippen LogP contribution in [0.25, 0.3) is 5.57 Å². The molecule has 1 heterocycles. The number of amides is 2. The highest BCUT2D eigenvalue weighted by Gasteiger charge is 2.24. The summed E-state index contributed by atoms with van der Waals surface area (Å²) >= 11 is 0. The van der Waals surface area contributed by atoms with Gasteiger partial charge in [0.1, 0.15) is 5.75 Å². The molecule has 0 aliphatic carbocycles. The predicted molar refractivity (Wildman–Crippen MR) is 113 cm³/mol. The Bertz CT molecular complexity index is 1130. The number of nitrogens with two attached hydrogens (primary N) is 1. The average molecular weight is 385 g/mol. The molecule has 0 unspecified atom stereocenters. The molecule has 29 heavy (non-hydrogen) atoms. The summed E-state index contributed by atoms with van der Waals surface area (Å²) in [6.45, 7) is 0. The molecule has 1 aliphatic rings. The summed E-state index contributed by atoms with van der Waals surface area (Å²) in [5.41, 5.74) is 10.6. The zero-order chi connectivity index (χ0) is 20.4. The molecule has 0 atom stereocenters. The number of phenols is 1. The molecule has 2 amide bonds. The van der Waals surface area contributed by atoms with Crippen molar-refractivity contribution >= 4 is 28.8 Å². The van der Waals surface area contributed by atoms with Crippen molar-refractivity contribution in [2.24, 2.45) is 5.73 Å². The molecular weight excluding hydrogens is 366 g/mol. The van der Waals surface area contributed by atoms with Crippen LogP contribution in [0.4, 0.5) is 11.4 Å². The van der Waals surface area contributed by atoms with Gasteiger partial charge in [0.2, 0.25) is 5.91 Å². The fourth-order valence-corrected chi connectivity index (χ4v) is 3.26. The van der Waals surface area contributed by atoms with Gasteiger partial charge in [0, 0.05) is 34.8 Å². The normalized spacial score (nSPS) is 13.8. The highest BCUT2D eigenvalue weighted by Crippen LogP contribution is 2.33. The highest BCUT2D eigenvalue weighted by molar-refractivity contribution is 6.31. The van der Waals surface area contributed by atoms with Crippen molar-refractivity contribution in [1.82, 2.24) is 0 Å². The number of aromatic hydroxyl groups is 1. The maximum absolute atomic E-state index is 12.4. The van der Waals surface area contributed by atoms with E-state index >= 15 is 0 Å². The molecule has 3 aromatic carbocycles. The average Bonchev–Trinajstić information content (AvgIpc) is 3.01. The Kier molecular flexibility index (Phi) is 4.75. The van der Waals surface area contributed by atoms with Gasteiger partial charge in [-0.3, -0.25) is 9.59 Å². The van der Waals surface area contributed by atoms with Gasteiger partial charge in [-0.25, -0.2) is 0 Å². The molecule has 144 valence electrons. The first-order valence-electron chi connectivity index (χ1n) is 9.09. The lowest BCUT2D eigenvalue weighted by Crippen LogP contribution is -2.10. The van der Waals surface area contributed by atoms with Gasteiger partial charge in [-0.1, -0.05) is 24.3 Å². The Hall–Kier alpha value is -4.06. The van der Waals surface area contributed by atoms with E-state index in [2.05, 4.69) is 10.6 Å². The molecule has 0 bridgehead atoms.